The smallest absolute Gasteiger partial charge is 0.178 e. The van der Waals surface area contributed by atoms with Crippen LogP contribution in [0.2, 0.25) is 0 Å². The quantitative estimate of drug-likeness (QED) is 0.412. The van der Waals surface area contributed by atoms with Gasteiger partial charge in [0.15, 0.2) is 11.5 Å². The molecule has 4 aromatic rings. The van der Waals surface area contributed by atoms with Gasteiger partial charge in [0.2, 0.25) is 0 Å². The highest BCUT2D eigenvalue weighted by atomic mass is 31.1. The van der Waals surface area contributed by atoms with Crippen LogP contribution in [0.4, 0.5) is 11.4 Å². The lowest BCUT2D eigenvalue weighted by atomic mass is 10.2. The normalized spacial score (nSPS) is 10.4. The Kier molecular flexibility index (Phi) is 5.39. The minimum absolute atomic E-state index is 0.403. The third kappa shape index (κ3) is 3.48. The standard InChI is InChI=1S/C16H12N6O.C2H7P/c17-9-1-3-11-13(21-7-5-19-11)15(9)23-16-10(18)2-4-12-14(16)22-8-6-20-12;1-3-2/h1-8H,17-18H2;3H,1-2H3. The summed E-state index contributed by atoms with van der Waals surface area (Å²) in [6.07, 6.45) is 6.39. The van der Waals surface area contributed by atoms with Crippen molar-refractivity contribution >= 4 is 42.0 Å². The molecule has 2 aromatic carbocycles. The van der Waals surface area contributed by atoms with Gasteiger partial charge in [0, 0.05) is 24.8 Å². The van der Waals surface area contributed by atoms with Gasteiger partial charge in [-0.05, 0) is 37.6 Å². The summed E-state index contributed by atoms with van der Waals surface area (Å²) in [6.45, 7) is 4.31. The molecular weight excluding hydrogens is 347 g/mol. The molecule has 0 unspecified atom stereocenters. The van der Waals surface area contributed by atoms with Gasteiger partial charge in [-0.2, -0.15) is 0 Å². The van der Waals surface area contributed by atoms with Crippen molar-refractivity contribution in [1.29, 1.82) is 0 Å². The molecule has 2 aromatic heterocycles. The highest BCUT2D eigenvalue weighted by Crippen LogP contribution is 2.38. The second-order valence-electron chi connectivity index (χ2n) is 5.42. The number of nitrogens with two attached hydrogens (primary N) is 2. The number of nitrogen functional groups attached to an aromatic ring is 2. The predicted molar refractivity (Wildman–Crippen MR) is 108 cm³/mol. The molecule has 8 heteroatoms. The van der Waals surface area contributed by atoms with Crippen LogP contribution in [-0.2, 0) is 0 Å². The maximum Gasteiger partial charge on any atom is 0.178 e. The second-order valence-corrected chi connectivity index (χ2v) is 6.42. The third-order valence-electron chi connectivity index (χ3n) is 3.45. The predicted octanol–water partition coefficient (Wildman–Crippen LogP) is 3.45. The molecule has 0 aliphatic heterocycles. The van der Waals surface area contributed by atoms with Gasteiger partial charge in [0.25, 0.3) is 0 Å². The van der Waals surface area contributed by atoms with Crippen molar-refractivity contribution in [3.8, 4) is 11.5 Å². The summed E-state index contributed by atoms with van der Waals surface area (Å²) in [5.74, 6) is 0.806. The lowest BCUT2D eigenvalue weighted by Gasteiger charge is -2.13. The van der Waals surface area contributed by atoms with E-state index < -0.39 is 0 Å². The number of nitrogens with zero attached hydrogens (tertiary/aromatic N) is 4. The van der Waals surface area contributed by atoms with E-state index in [1.54, 1.807) is 49.1 Å². The van der Waals surface area contributed by atoms with Gasteiger partial charge < -0.3 is 16.2 Å². The minimum atomic E-state index is 0.403. The Hall–Kier alpha value is -3.05. The topological polar surface area (TPSA) is 113 Å². The van der Waals surface area contributed by atoms with Gasteiger partial charge in [-0.25, -0.2) is 9.97 Å². The minimum Gasteiger partial charge on any atom is -0.448 e. The first kappa shape index (κ1) is 17.8. The molecule has 0 saturated heterocycles. The third-order valence-corrected chi connectivity index (χ3v) is 3.45. The van der Waals surface area contributed by atoms with E-state index in [4.69, 9.17) is 16.2 Å². The molecule has 0 spiro atoms. The molecule has 26 heavy (non-hydrogen) atoms. The number of hydrogen-bond donors (Lipinski definition) is 2. The van der Waals surface area contributed by atoms with Crippen molar-refractivity contribution in [2.45, 2.75) is 0 Å². The summed E-state index contributed by atoms with van der Waals surface area (Å²) in [5.41, 5.74) is 15.5. The van der Waals surface area contributed by atoms with Crippen LogP contribution in [0.5, 0.6) is 11.5 Å². The van der Waals surface area contributed by atoms with Crippen molar-refractivity contribution in [1.82, 2.24) is 19.9 Å². The Morgan fingerprint density at radius 3 is 1.50 bits per heavy atom. The maximum atomic E-state index is 6.06. The fourth-order valence-corrected chi connectivity index (χ4v) is 2.37. The average Bonchev–Trinajstić information content (AvgIpc) is 2.66. The van der Waals surface area contributed by atoms with Crippen molar-refractivity contribution in [3.05, 3.63) is 49.1 Å². The molecule has 0 radical (unpaired) electrons. The maximum absolute atomic E-state index is 6.06. The van der Waals surface area contributed by atoms with Gasteiger partial charge in [-0.15, -0.1) is 8.58 Å². The van der Waals surface area contributed by atoms with E-state index in [1.807, 2.05) is 0 Å². The van der Waals surface area contributed by atoms with E-state index in [2.05, 4.69) is 33.3 Å². The Labute approximate surface area is 152 Å². The van der Waals surface area contributed by atoms with Crippen LogP contribution in [0.1, 0.15) is 0 Å². The van der Waals surface area contributed by atoms with E-state index in [-0.39, 0.29) is 0 Å². The zero-order valence-corrected chi connectivity index (χ0v) is 15.5. The summed E-state index contributed by atoms with van der Waals surface area (Å²) in [6, 6.07) is 7.02. The monoisotopic (exact) mass is 366 g/mol. The second kappa shape index (κ2) is 7.89. The number of aromatic nitrogens is 4. The van der Waals surface area contributed by atoms with Gasteiger partial charge in [0.1, 0.15) is 11.0 Å². The van der Waals surface area contributed by atoms with Crippen LogP contribution in [0.3, 0.4) is 0 Å². The van der Waals surface area contributed by atoms with E-state index in [9.17, 15) is 0 Å². The lowest BCUT2D eigenvalue weighted by molar-refractivity contribution is 0.496. The van der Waals surface area contributed by atoms with Gasteiger partial charge in [-0.1, -0.05) is 0 Å². The number of fused-ring (bicyclic) bond motifs is 2. The Morgan fingerprint density at radius 1 is 0.692 bits per heavy atom. The highest BCUT2D eigenvalue weighted by Gasteiger charge is 2.15. The van der Waals surface area contributed by atoms with Crippen LogP contribution in [0.25, 0.3) is 22.1 Å². The highest BCUT2D eigenvalue weighted by molar-refractivity contribution is 7.35. The molecule has 132 valence electrons. The Morgan fingerprint density at radius 2 is 1.08 bits per heavy atom. The number of ether oxygens (including phenoxy) is 1. The molecule has 0 bridgehead atoms. The van der Waals surface area contributed by atoms with Gasteiger partial charge >= 0.3 is 0 Å². The van der Waals surface area contributed by atoms with Crippen LogP contribution in [0, 0.1) is 0 Å². The van der Waals surface area contributed by atoms with E-state index >= 15 is 0 Å². The lowest BCUT2D eigenvalue weighted by Crippen LogP contribution is -1.99. The van der Waals surface area contributed by atoms with Crippen molar-refractivity contribution in [2.24, 2.45) is 0 Å². The van der Waals surface area contributed by atoms with Crippen LogP contribution >= 0.6 is 8.58 Å². The number of anilines is 2. The molecular formula is C18H19N6OP. The zero-order chi connectivity index (χ0) is 18.5. The summed E-state index contributed by atoms with van der Waals surface area (Å²) in [7, 11) is 1.08. The number of benzene rings is 2. The fraction of sp³-hybridized carbons (Fsp3) is 0.111. The molecule has 0 saturated carbocycles. The summed E-state index contributed by atoms with van der Waals surface area (Å²) in [5, 5.41) is 0. The molecule has 7 nitrogen and oxygen atoms in total. The largest absolute Gasteiger partial charge is 0.448 e. The average molecular weight is 366 g/mol. The summed E-state index contributed by atoms with van der Waals surface area (Å²) < 4.78 is 6.01. The zero-order valence-electron chi connectivity index (χ0n) is 14.5. The molecule has 0 aliphatic rings. The van der Waals surface area contributed by atoms with E-state index in [0.717, 1.165) is 8.58 Å². The SMILES string of the molecule is CPC.Nc1ccc2nccnc2c1Oc1c(N)ccc2nccnc12. The first-order valence-electron chi connectivity index (χ1n) is 7.90. The first-order valence-corrected chi connectivity index (χ1v) is 9.90. The van der Waals surface area contributed by atoms with Gasteiger partial charge in [-0.3, -0.25) is 9.97 Å². The Bertz CT molecular complexity index is 973. The summed E-state index contributed by atoms with van der Waals surface area (Å²) >= 11 is 0. The number of rotatable bonds is 2. The molecule has 0 aliphatic carbocycles. The first-order chi connectivity index (χ1) is 12.7. The van der Waals surface area contributed by atoms with Crippen LogP contribution in [-0.4, -0.2) is 33.3 Å². The number of hydrogen-bond acceptors (Lipinski definition) is 7. The van der Waals surface area contributed by atoms with E-state index in [1.165, 1.54) is 0 Å². The van der Waals surface area contributed by atoms with Crippen molar-refractivity contribution < 1.29 is 4.74 Å². The van der Waals surface area contributed by atoms with Gasteiger partial charge in [0.05, 0.1) is 22.4 Å². The molecule has 2 heterocycles. The van der Waals surface area contributed by atoms with E-state index in [0.29, 0.717) is 44.9 Å². The Balaban J connectivity index is 0.000000613. The molecule has 4 rings (SSSR count). The van der Waals surface area contributed by atoms with Crippen LogP contribution in [0.15, 0.2) is 49.1 Å². The molecule has 0 atom stereocenters. The molecule has 4 N–H and O–H groups in total. The van der Waals surface area contributed by atoms with Crippen molar-refractivity contribution in [3.63, 3.8) is 0 Å². The molecule has 0 amide bonds. The fourth-order valence-electron chi connectivity index (χ4n) is 2.37. The van der Waals surface area contributed by atoms with Crippen LogP contribution < -0.4 is 16.2 Å². The molecule has 0 fully saturated rings. The van der Waals surface area contributed by atoms with Crippen molar-refractivity contribution in [2.75, 3.05) is 24.8 Å². The summed E-state index contributed by atoms with van der Waals surface area (Å²) in [4.78, 5) is 17.1.